The summed E-state index contributed by atoms with van der Waals surface area (Å²) in [5.74, 6) is -0.920. The van der Waals surface area contributed by atoms with E-state index in [4.69, 9.17) is 9.47 Å². The van der Waals surface area contributed by atoms with Crippen LogP contribution < -0.4 is 11.0 Å². The van der Waals surface area contributed by atoms with E-state index >= 15 is 0 Å². The fourth-order valence-corrected chi connectivity index (χ4v) is 6.47. The van der Waals surface area contributed by atoms with Crippen molar-refractivity contribution in [3.8, 4) is 0 Å². The first kappa shape index (κ1) is 54.5. The average Bonchev–Trinajstić information content (AvgIpc) is 3.14. The van der Waals surface area contributed by atoms with E-state index in [0.29, 0.717) is 12.8 Å². The molecule has 0 aliphatic heterocycles. The molecule has 0 rings (SSSR count). The number of hydrogen-bond donors (Lipinski definition) is 3. The summed E-state index contributed by atoms with van der Waals surface area (Å²) >= 11 is 0. The Kier molecular flexibility index (Phi) is 41.4. The zero-order valence-electron chi connectivity index (χ0n) is 34.7. The van der Waals surface area contributed by atoms with Gasteiger partial charge in [-0.1, -0.05) is 141 Å². The lowest BCUT2D eigenvalue weighted by atomic mass is 10.1. The Hall–Kier alpha value is -1.59. The molecular formula is C42H82NO10P. The van der Waals surface area contributed by atoms with E-state index in [-0.39, 0.29) is 19.0 Å². The van der Waals surface area contributed by atoms with Crippen molar-refractivity contribution in [2.75, 3.05) is 26.4 Å². The van der Waals surface area contributed by atoms with Gasteiger partial charge in [0.1, 0.15) is 25.4 Å². The van der Waals surface area contributed by atoms with Crippen molar-refractivity contribution in [2.45, 2.75) is 206 Å². The molecule has 0 radical (unpaired) electrons. The molecule has 54 heavy (non-hydrogen) atoms. The molecule has 0 bridgehead atoms. The maximum absolute atomic E-state index is 12.0. The van der Waals surface area contributed by atoms with Gasteiger partial charge in [0.2, 0.25) is 0 Å². The van der Waals surface area contributed by atoms with Crippen LogP contribution in [0, 0.1) is 0 Å². The minimum atomic E-state index is -4.85. The number of esters is 2. The molecule has 320 valence electrons. The molecule has 0 fully saturated rings. The molecule has 1 unspecified atom stereocenters. The molecule has 0 aromatic rings. The lowest BCUT2D eigenvalue weighted by Crippen LogP contribution is -2.27. The first-order chi connectivity index (χ1) is 25.7. The largest absolute Gasteiger partial charge is 0.756 e. The van der Waals surface area contributed by atoms with Crippen LogP contribution in [0.3, 0.4) is 0 Å². The summed E-state index contributed by atoms with van der Waals surface area (Å²) in [6.45, 7) is 2.34. The molecule has 0 heterocycles. The predicted molar refractivity (Wildman–Crippen MR) is 218 cm³/mol. The van der Waals surface area contributed by atoms with Crippen LogP contribution in [0.25, 0.3) is 0 Å². The van der Waals surface area contributed by atoms with Gasteiger partial charge in [-0.3, -0.25) is 14.2 Å². The minimum absolute atomic E-state index is 0. The molecule has 0 saturated carbocycles. The highest BCUT2D eigenvalue weighted by Gasteiger charge is 2.18. The van der Waals surface area contributed by atoms with E-state index in [2.05, 4.69) is 47.2 Å². The van der Waals surface area contributed by atoms with Crippen molar-refractivity contribution < 1.29 is 47.8 Å². The topological polar surface area (TPSA) is 188 Å². The van der Waals surface area contributed by atoms with Crippen LogP contribution in [0.1, 0.15) is 194 Å². The maximum atomic E-state index is 12.0. The Morgan fingerprint density at radius 3 is 1.09 bits per heavy atom. The van der Waals surface area contributed by atoms with Crippen molar-refractivity contribution in [2.24, 2.45) is 0 Å². The quantitative estimate of drug-likeness (QED) is 0.0233. The van der Waals surface area contributed by atoms with E-state index < -0.39 is 58.4 Å². The van der Waals surface area contributed by atoms with Crippen LogP contribution >= 0.6 is 7.82 Å². The van der Waals surface area contributed by atoms with Crippen LogP contribution in [0.4, 0.5) is 0 Å². The second kappa shape index (κ2) is 41.1. The number of aliphatic hydroxyl groups is 2. The number of phosphoric acid groups is 1. The van der Waals surface area contributed by atoms with Crippen LogP contribution in [0.2, 0.25) is 0 Å². The molecule has 0 aromatic heterocycles. The molecule has 11 nitrogen and oxygen atoms in total. The normalized spacial score (nSPS) is 13.9. The average molecular weight is 792 g/mol. The van der Waals surface area contributed by atoms with Gasteiger partial charge in [-0.05, 0) is 64.2 Å². The SMILES string of the molecule is CCCCCCCC/C=C\CCCCCCCC(=O)OC[C@@H](O)COP(=O)([O-])OC[C@@H](O)COC(=O)CCCCCCC/C=C\CCCCCCCC.[NH4+]. The Balaban J connectivity index is 0. The summed E-state index contributed by atoms with van der Waals surface area (Å²) in [5, 5.41) is 19.9. The number of hydrogen-bond acceptors (Lipinski definition) is 10. The Morgan fingerprint density at radius 1 is 0.500 bits per heavy atom. The summed E-state index contributed by atoms with van der Waals surface area (Å²) < 4.78 is 31.3. The summed E-state index contributed by atoms with van der Waals surface area (Å²) in [4.78, 5) is 35.9. The van der Waals surface area contributed by atoms with E-state index in [0.717, 1.165) is 64.2 Å². The summed E-state index contributed by atoms with van der Waals surface area (Å²) in [7, 11) is -4.85. The minimum Gasteiger partial charge on any atom is -0.756 e. The molecule has 6 N–H and O–H groups in total. The van der Waals surface area contributed by atoms with Gasteiger partial charge in [0.15, 0.2) is 0 Å². The Labute approximate surface area is 329 Å². The highest BCUT2D eigenvalue weighted by atomic mass is 31.2. The number of quaternary nitrogens is 1. The highest BCUT2D eigenvalue weighted by molar-refractivity contribution is 7.45. The Bertz CT molecular complexity index is 878. The van der Waals surface area contributed by atoms with Crippen LogP contribution in [0.15, 0.2) is 24.3 Å². The number of ether oxygens (including phenoxy) is 2. The number of rotatable bonds is 40. The standard InChI is InChI=1S/C42H79O10P.H3N/c1-3-5-7-9-11-13-15-17-19-21-23-25-27-29-31-33-41(45)49-35-39(43)37-51-53(47,48)52-38-40(44)36-50-42(46)34-32-30-28-26-24-22-20-18-16-14-12-10-8-6-4-2;/h17-20,39-40,43-44H,3-16,21-38H2,1-2H3,(H,47,48);1H3/b19-17-,20-18-;/t39-,40+;. The molecule has 0 aromatic carbocycles. The van der Waals surface area contributed by atoms with E-state index in [1.807, 2.05) is 0 Å². The molecule has 12 heteroatoms. The number of unbranched alkanes of at least 4 members (excludes halogenated alkanes) is 22. The van der Waals surface area contributed by atoms with Crippen molar-refractivity contribution in [1.82, 2.24) is 6.15 Å². The van der Waals surface area contributed by atoms with Crippen molar-refractivity contribution in [3.63, 3.8) is 0 Å². The summed E-state index contributed by atoms with van der Waals surface area (Å²) in [6.07, 6.45) is 37.1. The first-order valence-corrected chi connectivity index (χ1v) is 22.7. The third kappa shape index (κ3) is 41.6. The summed E-state index contributed by atoms with van der Waals surface area (Å²) in [6, 6.07) is 0. The fraction of sp³-hybridized carbons (Fsp3) is 0.857. The second-order valence-electron chi connectivity index (χ2n) is 14.4. The monoisotopic (exact) mass is 792 g/mol. The zero-order chi connectivity index (χ0) is 39.1. The van der Waals surface area contributed by atoms with Gasteiger partial charge < -0.3 is 39.8 Å². The van der Waals surface area contributed by atoms with Gasteiger partial charge in [0.25, 0.3) is 7.82 Å². The van der Waals surface area contributed by atoms with Gasteiger partial charge >= 0.3 is 11.9 Å². The number of carbonyl (C=O) groups excluding carboxylic acids is 2. The molecule has 0 amide bonds. The van der Waals surface area contributed by atoms with Gasteiger partial charge in [0, 0.05) is 12.8 Å². The second-order valence-corrected chi connectivity index (χ2v) is 15.8. The smallest absolute Gasteiger partial charge is 0.305 e. The molecule has 3 atom stereocenters. The van der Waals surface area contributed by atoms with E-state index in [1.54, 1.807) is 0 Å². The summed E-state index contributed by atoms with van der Waals surface area (Å²) in [5.41, 5.74) is 0. The maximum Gasteiger partial charge on any atom is 0.305 e. The van der Waals surface area contributed by atoms with Crippen LogP contribution in [0.5, 0.6) is 0 Å². The lowest BCUT2D eigenvalue weighted by Gasteiger charge is -2.25. The van der Waals surface area contributed by atoms with Gasteiger partial charge in [-0.25, -0.2) is 0 Å². The van der Waals surface area contributed by atoms with Crippen molar-refractivity contribution in [3.05, 3.63) is 24.3 Å². The van der Waals surface area contributed by atoms with Crippen molar-refractivity contribution >= 4 is 19.8 Å². The van der Waals surface area contributed by atoms with E-state index in [1.165, 1.54) is 89.9 Å². The highest BCUT2D eigenvalue weighted by Crippen LogP contribution is 2.38. The Morgan fingerprint density at radius 2 is 0.778 bits per heavy atom. The lowest BCUT2D eigenvalue weighted by molar-refractivity contribution is -0.229. The third-order valence-electron chi connectivity index (χ3n) is 9.01. The van der Waals surface area contributed by atoms with Crippen LogP contribution in [-0.4, -0.2) is 60.8 Å². The van der Waals surface area contributed by atoms with E-state index in [9.17, 15) is 29.3 Å². The van der Waals surface area contributed by atoms with Crippen molar-refractivity contribution in [1.29, 1.82) is 0 Å². The number of phosphoric ester groups is 1. The number of allylic oxidation sites excluding steroid dienone is 4. The van der Waals surface area contributed by atoms with Gasteiger partial charge in [0.05, 0.1) is 13.2 Å². The van der Waals surface area contributed by atoms with Gasteiger partial charge in [-0.15, -0.1) is 0 Å². The van der Waals surface area contributed by atoms with Crippen LogP contribution in [-0.2, 0) is 32.7 Å². The molecule has 0 aliphatic carbocycles. The molecule has 0 aliphatic rings. The zero-order valence-corrected chi connectivity index (χ0v) is 35.6. The van der Waals surface area contributed by atoms with Gasteiger partial charge in [-0.2, -0.15) is 0 Å². The molecular weight excluding hydrogens is 709 g/mol. The molecule has 0 spiro atoms. The molecule has 0 saturated heterocycles. The third-order valence-corrected chi connectivity index (χ3v) is 9.94. The fourth-order valence-electron chi connectivity index (χ4n) is 5.69. The predicted octanol–water partition coefficient (Wildman–Crippen LogP) is 10.7. The number of carbonyl (C=O) groups is 2. The first-order valence-electron chi connectivity index (χ1n) is 21.3. The number of aliphatic hydroxyl groups excluding tert-OH is 2.